The zero-order valence-corrected chi connectivity index (χ0v) is 22.7. The van der Waals surface area contributed by atoms with Gasteiger partial charge in [-0.25, -0.2) is 0 Å². The van der Waals surface area contributed by atoms with Crippen LogP contribution in [0.15, 0.2) is 59.3 Å². The molecule has 2 bridgehead atoms. The third-order valence-electron chi connectivity index (χ3n) is 10.5. The molecule has 1 spiro atoms. The predicted molar refractivity (Wildman–Crippen MR) is 148 cm³/mol. The quantitative estimate of drug-likeness (QED) is 0.442. The van der Waals surface area contributed by atoms with E-state index in [0.29, 0.717) is 12.8 Å². The molecule has 1 aromatic carbocycles. The summed E-state index contributed by atoms with van der Waals surface area (Å²) in [7, 11) is 0. The molecule has 7 rings (SSSR count). The number of carbonyl (C=O) groups is 2. The zero-order valence-electron chi connectivity index (χ0n) is 22.7. The largest absolute Gasteiger partial charge is 0.365 e. The molecule has 1 aliphatic carbocycles. The Morgan fingerprint density at radius 2 is 2.00 bits per heavy atom. The lowest BCUT2D eigenvalue weighted by Gasteiger charge is -2.47. The lowest BCUT2D eigenvalue weighted by molar-refractivity contribution is -0.128. The SMILES string of the molecule is C/C1=C\[C@@H](C)C/C=C/[C@H]2[C@@H]3O[C@]3(C)[C@@H](C)[C@H]3C(Cc4c[nH]c5ccccc45)NC(=O)[C@]32C2=N[C@@H](CC2)C1=O. The Kier molecular flexibility index (Phi) is 5.23. The summed E-state index contributed by atoms with van der Waals surface area (Å²) in [5, 5.41) is 4.68. The van der Waals surface area contributed by atoms with Crippen molar-refractivity contribution >= 4 is 28.3 Å². The standard InChI is InChI=1S/C32H37N3O3/c1-17-8-7-10-22-29-31(4,38-29)19(3)27-25(15-20-16-33-23-11-6-5-9-21(20)23)35-30(37)32(22,27)26-13-12-24(34-26)28(36)18(2)14-17/h5-7,9-11,14,16-17,19,22,24-25,27,29,33H,8,12-13,15H2,1-4H3,(H,35,37)/b10-7+,18-14+/t17-,19-,22-,24-,25?,27-,29-,31+,32+/m0/s1. The van der Waals surface area contributed by atoms with Gasteiger partial charge in [0.2, 0.25) is 5.91 Å². The van der Waals surface area contributed by atoms with Crippen molar-refractivity contribution in [3.8, 4) is 0 Å². The summed E-state index contributed by atoms with van der Waals surface area (Å²) in [6.07, 6.45) is 11.6. The van der Waals surface area contributed by atoms with Gasteiger partial charge in [-0.15, -0.1) is 0 Å². The Labute approximate surface area is 224 Å². The average Bonchev–Trinajstić information content (AvgIpc) is 3.23. The summed E-state index contributed by atoms with van der Waals surface area (Å²) in [5.74, 6) is 0.503. The first-order chi connectivity index (χ1) is 18.2. The second kappa shape index (κ2) is 8.25. The van der Waals surface area contributed by atoms with E-state index in [1.807, 2.05) is 13.0 Å². The number of H-pyrrole nitrogens is 1. The Morgan fingerprint density at radius 1 is 1.18 bits per heavy atom. The minimum atomic E-state index is -0.789. The van der Waals surface area contributed by atoms with E-state index in [2.05, 4.69) is 73.7 Å². The highest BCUT2D eigenvalue weighted by Crippen LogP contribution is 2.66. The molecule has 0 radical (unpaired) electrons. The average molecular weight is 512 g/mol. The number of aliphatic imine (C=N–C) groups is 1. The van der Waals surface area contributed by atoms with Crippen molar-refractivity contribution < 1.29 is 14.3 Å². The summed E-state index contributed by atoms with van der Waals surface area (Å²) in [6.45, 7) is 8.55. The molecule has 9 atom stereocenters. The second-order valence-corrected chi connectivity index (χ2v) is 12.6. The number of nitrogens with zero attached hydrogens (tertiary/aromatic N) is 1. The summed E-state index contributed by atoms with van der Waals surface area (Å²) < 4.78 is 6.50. The number of ketones is 1. The molecule has 5 heterocycles. The van der Waals surface area contributed by atoms with E-state index in [-0.39, 0.29) is 53.1 Å². The number of hydrogen-bond acceptors (Lipinski definition) is 4. The maximum Gasteiger partial charge on any atom is 0.233 e. The van der Waals surface area contributed by atoms with Crippen LogP contribution in [-0.4, -0.2) is 46.2 Å². The number of epoxide rings is 1. The van der Waals surface area contributed by atoms with Gasteiger partial charge in [0, 0.05) is 40.7 Å². The van der Waals surface area contributed by atoms with Gasteiger partial charge in [0.1, 0.15) is 11.5 Å². The van der Waals surface area contributed by atoms with Gasteiger partial charge in [0.05, 0.1) is 11.7 Å². The number of carbonyl (C=O) groups excluding carboxylic acids is 2. The van der Waals surface area contributed by atoms with E-state index in [9.17, 15) is 9.59 Å². The van der Waals surface area contributed by atoms with Crippen LogP contribution in [0.25, 0.3) is 10.9 Å². The zero-order chi connectivity index (χ0) is 26.4. The first-order valence-corrected chi connectivity index (χ1v) is 14.3. The van der Waals surface area contributed by atoms with Crippen molar-refractivity contribution in [2.24, 2.45) is 34.1 Å². The molecular formula is C32H37N3O3. The van der Waals surface area contributed by atoms with Crippen LogP contribution < -0.4 is 5.32 Å². The van der Waals surface area contributed by atoms with Gasteiger partial charge in [0.15, 0.2) is 5.78 Å². The van der Waals surface area contributed by atoms with Crippen LogP contribution >= 0.6 is 0 Å². The normalized spacial score (nSPS) is 44.1. The molecule has 6 nitrogen and oxygen atoms in total. The Morgan fingerprint density at radius 3 is 2.84 bits per heavy atom. The number of Topliss-reactive ketones (excluding diaryl/α,β-unsaturated/α-hetero) is 1. The van der Waals surface area contributed by atoms with Crippen LogP contribution in [0, 0.1) is 29.1 Å². The molecule has 1 amide bonds. The predicted octanol–water partition coefficient (Wildman–Crippen LogP) is 4.95. The van der Waals surface area contributed by atoms with Gasteiger partial charge >= 0.3 is 0 Å². The van der Waals surface area contributed by atoms with Crippen LogP contribution in [0.5, 0.6) is 0 Å². The highest BCUT2D eigenvalue weighted by Gasteiger charge is 2.77. The number of aromatic amines is 1. The van der Waals surface area contributed by atoms with E-state index in [1.54, 1.807) is 0 Å². The summed E-state index contributed by atoms with van der Waals surface area (Å²) in [4.78, 5) is 36.3. The second-order valence-electron chi connectivity index (χ2n) is 12.6. The first-order valence-electron chi connectivity index (χ1n) is 14.3. The molecular weight excluding hydrogens is 474 g/mol. The molecule has 198 valence electrons. The maximum atomic E-state index is 14.4. The van der Waals surface area contributed by atoms with Gasteiger partial charge in [-0.1, -0.05) is 50.3 Å². The van der Waals surface area contributed by atoms with Crippen molar-refractivity contribution in [2.75, 3.05) is 0 Å². The molecule has 3 fully saturated rings. The van der Waals surface area contributed by atoms with Crippen LogP contribution in [0.4, 0.5) is 0 Å². The van der Waals surface area contributed by atoms with Gasteiger partial charge in [-0.2, -0.15) is 0 Å². The molecule has 2 aromatic rings. The Bertz CT molecular complexity index is 1430. The molecule has 2 N–H and O–H groups in total. The van der Waals surface area contributed by atoms with E-state index in [4.69, 9.17) is 9.73 Å². The van der Waals surface area contributed by atoms with Crippen LogP contribution in [0.1, 0.15) is 52.5 Å². The van der Waals surface area contributed by atoms with Crippen molar-refractivity contribution in [1.29, 1.82) is 0 Å². The van der Waals surface area contributed by atoms with Crippen LogP contribution in [0.2, 0.25) is 0 Å². The summed E-state index contributed by atoms with van der Waals surface area (Å²) >= 11 is 0. The summed E-state index contributed by atoms with van der Waals surface area (Å²) in [5.41, 5.74) is 2.98. The smallest absolute Gasteiger partial charge is 0.233 e. The number of nitrogens with one attached hydrogen (secondary N) is 2. The van der Waals surface area contributed by atoms with Crippen molar-refractivity contribution in [3.05, 3.63) is 59.8 Å². The van der Waals surface area contributed by atoms with Crippen molar-refractivity contribution in [1.82, 2.24) is 10.3 Å². The Hall–Kier alpha value is -2.99. The number of rotatable bonds is 2. The molecule has 38 heavy (non-hydrogen) atoms. The van der Waals surface area contributed by atoms with Gasteiger partial charge < -0.3 is 15.0 Å². The van der Waals surface area contributed by atoms with Crippen molar-refractivity contribution in [2.45, 2.75) is 77.2 Å². The maximum absolute atomic E-state index is 14.4. The van der Waals surface area contributed by atoms with Crippen LogP contribution in [0.3, 0.4) is 0 Å². The van der Waals surface area contributed by atoms with Crippen molar-refractivity contribution in [3.63, 3.8) is 0 Å². The van der Waals surface area contributed by atoms with Gasteiger partial charge in [-0.05, 0) is 68.6 Å². The third kappa shape index (κ3) is 3.19. The molecule has 1 saturated carbocycles. The molecule has 4 aliphatic heterocycles. The summed E-state index contributed by atoms with van der Waals surface area (Å²) in [6, 6.07) is 7.92. The number of allylic oxidation sites excluding steroid dienone is 2. The number of benzene rings is 1. The molecule has 2 saturated heterocycles. The molecule has 1 unspecified atom stereocenters. The fourth-order valence-corrected chi connectivity index (χ4v) is 8.45. The molecule has 5 aliphatic rings. The lowest BCUT2D eigenvalue weighted by Crippen LogP contribution is -2.58. The van der Waals surface area contributed by atoms with E-state index < -0.39 is 11.5 Å². The fourth-order valence-electron chi connectivity index (χ4n) is 8.45. The third-order valence-corrected chi connectivity index (χ3v) is 10.5. The number of hydrogen-bond donors (Lipinski definition) is 2. The van der Waals surface area contributed by atoms with E-state index >= 15 is 0 Å². The molecule has 6 heteroatoms. The highest BCUT2D eigenvalue weighted by molar-refractivity contribution is 6.14. The Balaban J connectivity index is 1.37. The van der Waals surface area contributed by atoms with Gasteiger partial charge in [-0.3, -0.25) is 14.6 Å². The number of ether oxygens (including phenoxy) is 1. The number of para-hydroxylation sites is 1. The van der Waals surface area contributed by atoms with E-state index in [0.717, 1.165) is 29.6 Å². The van der Waals surface area contributed by atoms with Crippen LogP contribution in [-0.2, 0) is 20.7 Å². The van der Waals surface area contributed by atoms with Gasteiger partial charge in [0.25, 0.3) is 0 Å². The number of aromatic nitrogens is 1. The molecule has 1 aromatic heterocycles. The lowest BCUT2D eigenvalue weighted by atomic mass is 9.51. The minimum Gasteiger partial charge on any atom is -0.365 e. The monoisotopic (exact) mass is 511 g/mol. The van der Waals surface area contributed by atoms with E-state index in [1.165, 1.54) is 10.9 Å². The topological polar surface area (TPSA) is 86.8 Å². The number of fused-ring (bicyclic) bond motifs is 4. The number of amides is 1. The highest BCUT2D eigenvalue weighted by atomic mass is 16.6. The fraction of sp³-hybridized carbons (Fsp3) is 0.531. The first kappa shape index (κ1) is 24.1. The minimum absolute atomic E-state index is 0.0180.